The SMILES string of the molecule is CCN(C(=O)[C@H]1CCCN(c2ncc(N3CCCC3)cc2Cl)C1)C1CCC(O)CC1. The lowest BCUT2D eigenvalue weighted by atomic mass is 9.90. The van der Waals surface area contributed by atoms with E-state index in [-0.39, 0.29) is 24.0 Å². The van der Waals surface area contributed by atoms with Crippen LogP contribution in [-0.2, 0) is 4.79 Å². The third-order valence-corrected chi connectivity index (χ3v) is 7.36. The summed E-state index contributed by atoms with van der Waals surface area (Å²) in [6.07, 6.45) is 9.49. The standard InChI is InChI=1S/C23H35ClN4O2/c1-2-28(18-7-9-20(29)10-8-18)23(30)17-6-5-13-27(16-17)22-21(24)14-19(15-25-22)26-11-3-4-12-26/h14-15,17-18,20,29H,2-13,16H2,1H3/t17-,18?,20?/m0/s1. The molecule has 166 valence electrons. The maximum absolute atomic E-state index is 13.4. The minimum Gasteiger partial charge on any atom is -0.393 e. The number of aromatic nitrogens is 1. The molecule has 1 aromatic heterocycles. The van der Waals surface area contributed by atoms with Crippen molar-refractivity contribution in [1.82, 2.24) is 9.88 Å². The Morgan fingerprint density at radius 2 is 1.83 bits per heavy atom. The van der Waals surface area contributed by atoms with E-state index in [2.05, 4.69) is 21.6 Å². The monoisotopic (exact) mass is 434 g/mol. The van der Waals surface area contributed by atoms with Crippen molar-refractivity contribution in [1.29, 1.82) is 0 Å². The Labute approximate surface area is 185 Å². The van der Waals surface area contributed by atoms with Gasteiger partial charge in [0.1, 0.15) is 5.82 Å². The molecule has 3 heterocycles. The minimum absolute atomic E-state index is 0.0123. The first-order valence-corrected chi connectivity index (χ1v) is 12.1. The molecular formula is C23H35ClN4O2. The van der Waals surface area contributed by atoms with Gasteiger partial charge >= 0.3 is 0 Å². The Hall–Kier alpha value is -1.53. The Morgan fingerprint density at radius 1 is 1.13 bits per heavy atom. The van der Waals surface area contributed by atoms with Gasteiger partial charge in [0.25, 0.3) is 0 Å². The Balaban J connectivity index is 1.43. The number of aliphatic hydroxyl groups excluding tert-OH is 1. The van der Waals surface area contributed by atoms with Crippen molar-refractivity contribution in [2.24, 2.45) is 5.92 Å². The van der Waals surface area contributed by atoms with Crippen LogP contribution in [0.1, 0.15) is 58.3 Å². The molecule has 4 rings (SSSR count). The average molecular weight is 435 g/mol. The van der Waals surface area contributed by atoms with E-state index in [4.69, 9.17) is 16.6 Å². The van der Waals surface area contributed by atoms with Crippen LogP contribution in [0.5, 0.6) is 0 Å². The minimum atomic E-state index is -0.197. The second-order valence-electron chi connectivity index (χ2n) is 9.06. The number of carbonyl (C=O) groups excluding carboxylic acids is 1. The predicted molar refractivity (Wildman–Crippen MR) is 121 cm³/mol. The maximum Gasteiger partial charge on any atom is 0.227 e. The highest BCUT2D eigenvalue weighted by Crippen LogP contribution is 2.33. The van der Waals surface area contributed by atoms with Gasteiger partial charge in [0.15, 0.2) is 0 Å². The molecule has 2 aliphatic heterocycles. The molecule has 1 aliphatic carbocycles. The summed E-state index contributed by atoms with van der Waals surface area (Å²) in [5.41, 5.74) is 1.10. The molecule has 30 heavy (non-hydrogen) atoms. The Bertz CT molecular complexity index is 732. The second kappa shape index (κ2) is 9.73. The molecule has 1 N–H and O–H groups in total. The first-order valence-electron chi connectivity index (χ1n) is 11.7. The molecule has 1 saturated carbocycles. The highest BCUT2D eigenvalue weighted by atomic mass is 35.5. The van der Waals surface area contributed by atoms with E-state index >= 15 is 0 Å². The topological polar surface area (TPSA) is 59.9 Å². The first kappa shape index (κ1) is 21.7. The van der Waals surface area contributed by atoms with Crippen LogP contribution in [0.2, 0.25) is 5.02 Å². The van der Waals surface area contributed by atoms with Gasteiger partial charge in [0, 0.05) is 38.8 Å². The molecule has 0 radical (unpaired) electrons. The van der Waals surface area contributed by atoms with Crippen LogP contribution in [0.4, 0.5) is 11.5 Å². The van der Waals surface area contributed by atoms with E-state index < -0.39 is 0 Å². The van der Waals surface area contributed by atoms with Gasteiger partial charge in [-0.2, -0.15) is 0 Å². The summed E-state index contributed by atoms with van der Waals surface area (Å²) in [4.78, 5) is 24.7. The van der Waals surface area contributed by atoms with Gasteiger partial charge < -0.3 is 19.8 Å². The summed E-state index contributed by atoms with van der Waals surface area (Å²) in [5.74, 6) is 1.05. The van der Waals surface area contributed by atoms with Crippen molar-refractivity contribution in [2.75, 3.05) is 42.5 Å². The normalized spacial score (nSPS) is 27.4. The summed E-state index contributed by atoms with van der Waals surface area (Å²) >= 11 is 6.64. The zero-order valence-electron chi connectivity index (χ0n) is 18.1. The number of hydrogen-bond acceptors (Lipinski definition) is 5. The van der Waals surface area contributed by atoms with E-state index in [9.17, 15) is 9.90 Å². The van der Waals surface area contributed by atoms with Crippen LogP contribution in [0.15, 0.2) is 12.3 Å². The molecule has 1 amide bonds. The highest BCUT2D eigenvalue weighted by molar-refractivity contribution is 6.33. The van der Waals surface area contributed by atoms with Crippen LogP contribution in [0, 0.1) is 5.92 Å². The van der Waals surface area contributed by atoms with Gasteiger partial charge in [-0.25, -0.2) is 4.98 Å². The number of piperidine rings is 1. The van der Waals surface area contributed by atoms with Crippen LogP contribution in [-0.4, -0.2) is 65.8 Å². The lowest BCUT2D eigenvalue weighted by molar-refractivity contribution is -0.139. The van der Waals surface area contributed by atoms with E-state index in [0.29, 0.717) is 11.6 Å². The fourth-order valence-corrected chi connectivity index (χ4v) is 5.65. The van der Waals surface area contributed by atoms with Crippen LogP contribution >= 0.6 is 11.6 Å². The second-order valence-corrected chi connectivity index (χ2v) is 9.47. The molecule has 6 nitrogen and oxygen atoms in total. The summed E-state index contributed by atoms with van der Waals surface area (Å²) in [7, 11) is 0. The molecule has 0 spiro atoms. The van der Waals surface area contributed by atoms with Crippen molar-refractivity contribution in [3.8, 4) is 0 Å². The van der Waals surface area contributed by atoms with Crippen molar-refractivity contribution in [2.45, 2.75) is 70.4 Å². The van der Waals surface area contributed by atoms with Crippen LogP contribution in [0.25, 0.3) is 0 Å². The number of halogens is 1. The molecule has 7 heteroatoms. The largest absolute Gasteiger partial charge is 0.393 e. The first-order chi connectivity index (χ1) is 14.6. The number of hydrogen-bond donors (Lipinski definition) is 1. The van der Waals surface area contributed by atoms with Gasteiger partial charge in [-0.3, -0.25) is 4.79 Å². The number of rotatable bonds is 5. The van der Waals surface area contributed by atoms with Gasteiger partial charge in [-0.15, -0.1) is 0 Å². The number of carbonyl (C=O) groups is 1. The third-order valence-electron chi connectivity index (χ3n) is 7.08. The summed E-state index contributed by atoms with van der Waals surface area (Å²) in [5, 5.41) is 10.5. The average Bonchev–Trinajstić information content (AvgIpc) is 3.30. The van der Waals surface area contributed by atoms with E-state index in [1.54, 1.807) is 0 Å². The number of aliphatic hydroxyl groups is 1. The third kappa shape index (κ3) is 4.70. The summed E-state index contributed by atoms with van der Waals surface area (Å²) in [6.45, 7) is 6.52. The highest BCUT2D eigenvalue weighted by Gasteiger charge is 2.34. The summed E-state index contributed by atoms with van der Waals surface area (Å²) < 4.78 is 0. The predicted octanol–water partition coefficient (Wildman–Crippen LogP) is 3.70. The molecule has 1 atom stereocenters. The lowest BCUT2D eigenvalue weighted by Gasteiger charge is -2.40. The van der Waals surface area contributed by atoms with Crippen LogP contribution < -0.4 is 9.80 Å². The molecule has 1 aromatic rings. The van der Waals surface area contributed by atoms with E-state index in [1.165, 1.54) is 12.8 Å². The van der Waals surface area contributed by atoms with E-state index in [0.717, 1.165) is 76.2 Å². The van der Waals surface area contributed by atoms with Crippen molar-refractivity contribution < 1.29 is 9.90 Å². The molecule has 0 aromatic carbocycles. The van der Waals surface area contributed by atoms with Gasteiger partial charge in [-0.05, 0) is 64.4 Å². The van der Waals surface area contributed by atoms with E-state index in [1.807, 2.05) is 12.3 Å². The molecule has 2 saturated heterocycles. The zero-order chi connectivity index (χ0) is 21.1. The van der Waals surface area contributed by atoms with Gasteiger partial charge in [0.05, 0.1) is 28.9 Å². The smallest absolute Gasteiger partial charge is 0.227 e. The van der Waals surface area contributed by atoms with Crippen LogP contribution in [0.3, 0.4) is 0 Å². The maximum atomic E-state index is 13.4. The number of nitrogens with zero attached hydrogens (tertiary/aromatic N) is 4. The Morgan fingerprint density at radius 3 is 2.50 bits per heavy atom. The van der Waals surface area contributed by atoms with Gasteiger partial charge in [-0.1, -0.05) is 11.6 Å². The molecule has 0 unspecified atom stereocenters. The summed E-state index contributed by atoms with van der Waals surface area (Å²) in [6, 6.07) is 2.30. The number of anilines is 2. The van der Waals surface area contributed by atoms with Crippen molar-refractivity contribution in [3.63, 3.8) is 0 Å². The zero-order valence-corrected chi connectivity index (χ0v) is 18.9. The quantitative estimate of drug-likeness (QED) is 0.765. The fraction of sp³-hybridized carbons (Fsp3) is 0.739. The number of amides is 1. The molecule has 3 fully saturated rings. The fourth-order valence-electron chi connectivity index (χ4n) is 5.37. The molecule has 0 bridgehead atoms. The molecule has 3 aliphatic rings. The number of pyridine rings is 1. The van der Waals surface area contributed by atoms with Crippen molar-refractivity contribution >= 4 is 29.0 Å². The Kier molecular flexibility index (Phi) is 7.04. The van der Waals surface area contributed by atoms with Gasteiger partial charge in [0.2, 0.25) is 5.91 Å². The molecular weight excluding hydrogens is 400 g/mol. The lowest BCUT2D eigenvalue weighted by Crippen LogP contribution is -2.49. The van der Waals surface area contributed by atoms with Crippen molar-refractivity contribution in [3.05, 3.63) is 17.3 Å².